The van der Waals surface area contributed by atoms with Crippen LogP contribution in [0.4, 0.5) is 0 Å². The summed E-state index contributed by atoms with van der Waals surface area (Å²) in [5.74, 6) is -4.83. The third-order valence-electron chi connectivity index (χ3n) is 11.8. The van der Waals surface area contributed by atoms with Crippen molar-refractivity contribution in [3.05, 3.63) is 131 Å². The van der Waals surface area contributed by atoms with Gasteiger partial charge in [-0.2, -0.15) is 0 Å². The van der Waals surface area contributed by atoms with Gasteiger partial charge < -0.3 is 19.7 Å². The summed E-state index contributed by atoms with van der Waals surface area (Å²) in [4.78, 5) is 40.4. The predicted octanol–water partition coefficient (Wildman–Crippen LogP) is 5.73. The lowest BCUT2D eigenvalue weighted by Gasteiger charge is -2.49. The molecule has 4 aliphatic rings. The molecule has 0 aliphatic heterocycles. The summed E-state index contributed by atoms with van der Waals surface area (Å²) in [6.45, 7) is 8.31. The maximum atomic E-state index is 14.2. The Bertz CT molecular complexity index is 1750. The van der Waals surface area contributed by atoms with Crippen LogP contribution in [0.25, 0.3) is 0 Å². The minimum Gasteiger partial charge on any atom is -0.450 e. The highest BCUT2D eigenvalue weighted by Crippen LogP contribution is 2.75. The summed E-state index contributed by atoms with van der Waals surface area (Å²) in [5, 5.41) is 25.2. The van der Waals surface area contributed by atoms with Crippen LogP contribution in [-0.2, 0) is 29.5 Å². The second-order valence-electron chi connectivity index (χ2n) is 14.7. The standard InChI is InChI=1S/C41H42O7/c1-25-21-33-38(45,35(25)43)23-28(22-32-34-37(4,5)41(34,48-27(3)42)36(44)26(2)39(32,33)46)24-47-40(29-15-9-6-10-16-29,30-17-11-7-12-18-30)31-19-13-8-14-20-31/h6-22,26,32-34,45-46H,23-24H2,1-5H3/t26-,32+,33-,34-,38-,39-,41-/m1/s1. The molecule has 0 heterocycles. The van der Waals surface area contributed by atoms with E-state index < -0.39 is 63.2 Å². The first-order chi connectivity index (χ1) is 22.8. The molecule has 0 amide bonds. The van der Waals surface area contributed by atoms with Crippen molar-refractivity contribution < 1.29 is 34.1 Å². The normalized spacial score (nSPS) is 33.4. The van der Waals surface area contributed by atoms with E-state index in [-0.39, 0.29) is 18.8 Å². The molecule has 2 saturated carbocycles. The molecule has 0 saturated heterocycles. The summed E-state index contributed by atoms with van der Waals surface area (Å²) < 4.78 is 13.0. The number of ether oxygens (including phenoxy) is 2. The van der Waals surface area contributed by atoms with Gasteiger partial charge in [0.15, 0.2) is 17.2 Å². The van der Waals surface area contributed by atoms with Crippen molar-refractivity contribution in [2.24, 2.45) is 29.1 Å². The van der Waals surface area contributed by atoms with Crippen molar-refractivity contribution in [1.82, 2.24) is 0 Å². The van der Waals surface area contributed by atoms with Crippen LogP contribution in [0.1, 0.15) is 57.7 Å². The lowest BCUT2D eigenvalue weighted by atomic mass is 9.59. The zero-order valence-corrected chi connectivity index (χ0v) is 28.0. The van der Waals surface area contributed by atoms with Crippen LogP contribution in [-0.4, -0.2) is 51.2 Å². The van der Waals surface area contributed by atoms with Gasteiger partial charge in [-0.3, -0.25) is 14.4 Å². The Morgan fingerprint density at radius 1 is 0.854 bits per heavy atom. The Kier molecular flexibility index (Phi) is 7.37. The molecule has 48 heavy (non-hydrogen) atoms. The average Bonchev–Trinajstić information content (AvgIpc) is 3.51. The van der Waals surface area contributed by atoms with Gasteiger partial charge in [-0.15, -0.1) is 0 Å². The molecule has 7 rings (SSSR count). The quantitative estimate of drug-likeness (QED) is 0.192. The number of benzene rings is 3. The minimum atomic E-state index is -1.99. The van der Waals surface area contributed by atoms with Gasteiger partial charge in [-0.25, -0.2) is 0 Å². The van der Waals surface area contributed by atoms with Crippen molar-refractivity contribution in [3.8, 4) is 0 Å². The number of hydrogen-bond acceptors (Lipinski definition) is 7. The van der Waals surface area contributed by atoms with Crippen LogP contribution >= 0.6 is 0 Å². The topological polar surface area (TPSA) is 110 Å². The second-order valence-corrected chi connectivity index (χ2v) is 14.7. The SMILES string of the molecule is CC(=O)O[C@@]12C(=O)[C@@H](C)[C@@]3(O)[C@@H](C=C(COC(c4ccccc4)(c4ccccc4)c4ccccc4)C[C@]4(O)C(=O)C(C)=C[C@@H]34)[C@@H]1C2(C)C. The third kappa shape index (κ3) is 4.20. The molecule has 3 aromatic carbocycles. The lowest BCUT2D eigenvalue weighted by molar-refractivity contribution is -0.190. The van der Waals surface area contributed by atoms with Gasteiger partial charge in [0.05, 0.1) is 12.2 Å². The van der Waals surface area contributed by atoms with Gasteiger partial charge in [0.2, 0.25) is 0 Å². The zero-order chi connectivity index (χ0) is 34.3. The molecular formula is C41H42O7. The lowest BCUT2D eigenvalue weighted by Crippen LogP contribution is -2.64. The first-order valence-electron chi connectivity index (χ1n) is 16.7. The third-order valence-corrected chi connectivity index (χ3v) is 11.8. The number of hydrogen-bond donors (Lipinski definition) is 2. The van der Waals surface area contributed by atoms with Crippen LogP contribution in [0.5, 0.6) is 0 Å². The van der Waals surface area contributed by atoms with Gasteiger partial charge in [-0.1, -0.05) is 124 Å². The first-order valence-corrected chi connectivity index (χ1v) is 16.7. The van der Waals surface area contributed by atoms with E-state index in [1.165, 1.54) is 6.92 Å². The summed E-state index contributed by atoms with van der Waals surface area (Å²) >= 11 is 0. The monoisotopic (exact) mass is 646 g/mol. The molecule has 2 N–H and O–H groups in total. The van der Waals surface area contributed by atoms with Gasteiger partial charge >= 0.3 is 5.97 Å². The number of carbonyl (C=O) groups excluding carboxylic acids is 3. The number of fused-ring (bicyclic) bond motifs is 5. The van der Waals surface area contributed by atoms with Crippen LogP contribution in [0.2, 0.25) is 0 Å². The van der Waals surface area contributed by atoms with Crippen molar-refractivity contribution in [2.75, 3.05) is 6.61 Å². The maximum Gasteiger partial charge on any atom is 0.303 e. The van der Waals surface area contributed by atoms with Crippen molar-refractivity contribution >= 4 is 17.5 Å². The predicted molar refractivity (Wildman–Crippen MR) is 179 cm³/mol. The largest absolute Gasteiger partial charge is 0.450 e. The van der Waals surface area contributed by atoms with Crippen molar-refractivity contribution in [1.29, 1.82) is 0 Å². The van der Waals surface area contributed by atoms with Crippen molar-refractivity contribution in [2.45, 2.75) is 63.4 Å². The second kappa shape index (κ2) is 10.9. The van der Waals surface area contributed by atoms with E-state index in [0.717, 1.165) is 16.7 Å². The van der Waals surface area contributed by atoms with Gasteiger partial charge in [0.1, 0.15) is 11.2 Å². The molecule has 7 heteroatoms. The van der Waals surface area contributed by atoms with E-state index in [1.54, 1.807) is 19.9 Å². The first kappa shape index (κ1) is 32.4. The fourth-order valence-electron chi connectivity index (χ4n) is 9.58. The molecule has 7 nitrogen and oxygen atoms in total. The van der Waals surface area contributed by atoms with Crippen LogP contribution < -0.4 is 0 Å². The molecule has 7 atom stereocenters. The van der Waals surface area contributed by atoms with E-state index in [1.807, 2.05) is 111 Å². The summed E-state index contributed by atoms with van der Waals surface area (Å²) in [6.07, 6.45) is 3.44. The Morgan fingerprint density at radius 3 is 1.83 bits per heavy atom. The highest BCUT2D eigenvalue weighted by Gasteiger charge is 2.87. The Labute approximate surface area is 281 Å². The van der Waals surface area contributed by atoms with Gasteiger partial charge in [-0.05, 0) is 34.8 Å². The van der Waals surface area contributed by atoms with E-state index in [4.69, 9.17) is 9.47 Å². The molecule has 0 unspecified atom stereocenters. The molecule has 0 bridgehead atoms. The van der Waals surface area contributed by atoms with Crippen LogP contribution in [0, 0.1) is 29.1 Å². The summed E-state index contributed by atoms with van der Waals surface area (Å²) in [7, 11) is 0. The van der Waals surface area contributed by atoms with Crippen LogP contribution in [0.3, 0.4) is 0 Å². The van der Waals surface area contributed by atoms with E-state index in [0.29, 0.717) is 11.1 Å². The molecule has 3 aromatic rings. The molecule has 4 aliphatic carbocycles. The zero-order valence-electron chi connectivity index (χ0n) is 28.0. The molecule has 248 valence electrons. The Morgan fingerprint density at radius 2 is 1.35 bits per heavy atom. The average molecular weight is 647 g/mol. The van der Waals surface area contributed by atoms with E-state index in [9.17, 15) is 24.6 Å². The highest BCUT2D eigenvalue weighted by atomic mass is 16.6. The number of rotatable bonds is 7. The number of Topliss-reactive ketones (excluding diaryl/α,β-unsaturated/α-hetero) is 2. The number of carbonyl (C=O) groups is 3. The van der Waals surface area contributed by atoms with Crippen molar-refractivity contribution in [3.63, 3.8) is 0 Å². The number of esters is 1. The van der Waals surface area contributed by atoms with Gasteiger partial charge in [0, 0.05) is 42.4 Å². The smallest absolute Gasteiger partial charge is 0.303 e. The Balaban J connectivity index is 1.40. The fourth-order valence-corrected chi connectivity index (χ4v) is 9.58. The molecule has 0 aromatic heterocycles. The maximum absolute atomic E-state index is 14.2. The molecular weight excluding hydrogens is 604 g/mol. The summed E-state index contributed by atoms with van der Waals surface area (Å²) in [6, 6.07) is 29.8. The van der Waals surface area contributed by atoms with E-state index >= 15 is 0 Å². The highest BCUT2D eigenvalue weighted by molar-refractivity contribution is 6.05. The number of ketones is 2. The van der Waals surface area contributed by atoms with E-state index in [2.05, 4.69) is 0 Å². The minimum absolute atomic E-state index is 0.00264. The molecule has 2 fully saturated rings. The van der Waals surface area contributed by atoms with Gasteiger partial charge in [0.25, 0.3) is 0 Å². The fraction of sp³-hybridized carbons (Fsp3) is 0.390. The van der Waals surface area contributed by atoms with Crippen LogP contribution in [0.15, 0.2) is 114 Å². The summed E-state index contributed by atoms with van der Waals surface area (Å²) in [5.41, 5.74) is -3.46. The number of aliphatic hydroxyl groups is 2. The Hall–Kier alpha value is -4.17. The molecule has 0 spiro atoms. The molecule has 0 radical (unpaired) electrons.